The molecule has 4 heteroatoms. The maximum Gasteiger partial charge on any atom is 0.228 e. The summed E-state index contributed by atoms with van der Waals surface area (Å²) in [6.07, 6.45) is 2.04. The Bertz CT molecular complexity index is 291. The van der Waals surface area contributed by atoms with E-state index in [0.29, 0.717) is 5.75 Å². The average Bonchev–Trinajstić information content (AvgIpc) is 2.19. The first-order valence-electron chi connectivity index (χ1n) is 4.31. The lowest BCUT2D eigenvalue weighted by Gasteiger charge is -2.06. The van der Waals surface area contributed by atoms with Crippen LogP contribution in [0.2, 0.25) is 0 Å². The number of ether oxygens (including phenoxy) is 1. The molecule has 1 rings (SSSR count). The van der Waals surface area contributed by atoms with Gasteiger partial charge in [0, 0.05) is 5.33 Å². The van der Waals surface area contributed by atoms with Crippen LogP contribution in [0.3, 0.4) is 0 Å². The summed E-state index contributed by atoms with van der Waals surface area (Å²) in [4.78, 5) is 0. The van der Waals surface area contributed by atoms with Crippen molar-refractivity contribution >= 4 is 31.9 Å². The molecule has 0 fully saturated rings. The van der Waals surface area contributed by atoms with Crippen LogP contribution in [0.5, 0.6) is 5.75 Å². The Morgan fingerprint density at radius 2 is 2.14 bits per heavy atom. The summed E-state index contributed by atoms with van der Waals surface area (Å²) >= 11 is 6.67. The molecular formula is C10H11Br2FO. The highest BCUT2D eigenvalue weighted by Gasteiger charge is 2.02. The molecule has 0 atom stereocenters. The first-order chi connectivity index (χ1) is 6.77. The van der Waals surface area contributed by atoms with Gasteiger partial charge in [-0.3, -0.25) is 0 Å². The summed E-state index contributed by atoms with van der Waals surface area (Å²) in [6, 6.07) is 5.76. The predicted molar refractivity (Wildman–Crippen MR) is 62.9 cm³/mol. The highest BCUT2D eigenvalue weighted by Crippen LogP contribution is 2.26. The number of alkyl halides is 2. The van der Waals surface area contributed by atoms with Crippen LogP contribution in [-0.2, 0) is 6.42 Å². The number of halogens is 3. The van der Waals surface area contributed by atoms with Crippen LogP contribution in [0.1, 0.15) is 12.0 Å². The van der Waals surface area contributed by atoms with Gasteiger partial charge in [-0.05, 0) is 46.5 Å². The molecule has 0 N–H and O–H groups in total. The molecule has 0 aromatic heterocycles. The Hall–Kier alpha value is -0.0900. The lowest BCUT2D eigenvalue weighted by Crippen LogP contribution is -1.93. The minimum Gasteiger partial charge on any atom is -0.462 e. The van der Waals surface area contributed by atoms with E-state index in [4.69, 9.17) is 4.74 Å². The normalized spacial score (nSPS) is 10.2. The monoisotopic (exact) mass is 324 g/mol. The standard InChI is InChI=1S/C10H11Br2FO/c11-5-1-2-8-3-4-9(12)10(6-8)14-7-13/h3-4,6H,1-2,5,7H2. The van der Waals surface area contributed by atoms with Gasteiger partial charge in [-0.25, -0.2) is 4.39 Å². The molecule has 0 aliphatic heterocycles. The van der Waals surface area contributed by atoms with Gasteiger partial charge < -0.3 is 4.74 Å². The highest BCUT2D eigenvalue weighted by molar-refractivity contribution is 9.10. The van der Waals surface area contributed by atoms with Crippen LogP contribution in [0.4, 0.5) is 4.39 Å². The Labute approximate surface area is 99.9 Å². The minimum absolute atomic E-state index is 0.569. The third kappa shape index (κ3) is 3.58. The fraction of sp³-hybridized carbons (Fsp3) is 0.400. The molecule has 1 nitrogen and oxygen atoms in total. The summed E-state index contributed by atoms with van der Waals surface area (Å²) in [5, 5.41) is 0.975. The van der Waals surface area contributed by atoms with Gasteiger partial charge in [-0.1, -0.05) is 22.0 Å². The number of hydrogen-bond donors (Lipinski definition) is 0. The molecule has 0 saturated heterocycles. The molecule has 0 aliphatic rings. The van der Waals surface area contributed by atoms with Crippen molar-refractivity contribution in [3.8, 4) is 5.75 Å². The first-order valence-corrected chi connectivity index (χ1v) is 6.22. The van der Waals surface area contributed by atoms with Crippen molar-refractivity contribution in [2.75, 3.05) is 12.2 Å². The van der Waals surface area contributed by atoms with Gasteiger partial charge >= 0.3 is 0 Å². The fourth-order valence-corrected chi connectivity index (χ4v) is 1.79. The van der Waals surface area contributed by atoms with Gasteiger partial charge in [0.15, 0.2) is 0 Å². The summed E-state index contributed by atoms with van der Waals surface area (Å²) < 4.78 is 17.6. The summed E-state index contributed by atoms with van der Waals surface area (Å²) in [6.45, 7) is -0.791. The van der Waals surface area contributed by atoms with Crippen molar-refractivity contribution in [2.24, 2.45) is 0 Å². The molecule has 0 heterocycles. The topological polar surface area (TPSA) is 9.23 Å². The third-order valence-corrected chi connectivity index (χ3v) is 3.02. The molecule has 0 saturated carbocycles. The van der Waals surface area contributed by atoms with E-state index in [0.717, 1.165) is 28.2 Å². The zero-order valence-corrected chi connectivity index (χ0v) is 10.8. The molecule has 0 amide bonds. The van der Waals surface area contributed by atoms with Crippen LogP contribution in [-0.4, -0.2) is 12.2 Å². The Kier molecular flexibility index (Phi) is 5.48. The highest BCUT2D eigenvalue weighted by atomic mass is 79.9. The second-order valence-corrected chi connectivity index (χ2v) is 4.46. The molecule has 0 aliphatic carbocycles. The fourth-order valence-electron chi connectivity index (χ4n) is 1.14. The Morgan fingerprint density at radius 3 is 2.79 bits per heavy atom. The quantitative estimate of drug-likeness (QED) is 0.741. The van der Waals surface area contributed by atoms with Crippen molar-refractivity contribution in [1.82, 2.24) is 0 Å². The maximum absolute atomic E-state index is 12.0. The Balaban J connectivity index is 2.72. The second kappa shape index (κ2) is 6.40. The van der Waals surface area contributed by atoms with Gasteiger partial charge in [0.1, 0.15) is 5.75 Å². The van der Waals surface area contributed by atoms with Gasteiger partial charge in [-0.15, -0.1) is 0 Å². The van der Waals surface area contributed by atoms with Crippen molar-refractivity contribution in [3.63, 3.8) is 0 Å². The Morgan fingerprint density at radius 1 is 1.36 bits per heavy atom. The molecule has 78 valence electrons. The largest absolute Gasteiger partial charge is 0.462 e. The number of rotatable bonds is 5. The maximum atomic E-state index is 12.0. The molecule has 0 radical (unpaired) electrons. The van der Waals surface area contributed by atoms with Crippen LogP contribution in [0.25, 0.3) is 0 Å². The zero-order chi connectivity index (χ0) is 10.4. The van der Waals surface area contributed by atoms with E-state index in [-0.39, 0.29) is 0 Å². The van der Waals surface area contributed by atoms with Crippen molar-refractivity contribution in [2.45, 2.75) is 12.8 Å². The zero-order valence-electron chi connectivity index (χ0n) is 7.60. The molecule has 1 aromatic rings. The third-order valence-electron chi connectivity index (χ3n) is 1.80. The van der Waals surface area contributed by atoms with Crippen molar-refractivity contribution in [3.05, 3.63) is 28.2 Å². The van der Waals surface area contributed by atoms with Crippen LogP contribution in [0.15, 0.2) is 22.7 Å². The smallest absolute Gasteiger partial charge is 0.228 e. The van der Waals surface area contributed by atoms with E-state index < -0.39 is 6.86 Å². The van der Waals surface area contributed by atoms with E-state index in [1.807, 2.05) is 18.2 Å². The molecule has 0 unspecified atom stereocenters. The first kappa shape index (κ1) is 12.0. The number of aryl methyl sites for hydroxylation is 1. The van der Waals surface area contributed by atoms with Gasteiger partial charge in [0.2, 0.25) is 6.86 Å². The molecular weight excluding hydrogens is 315 g/mol. The lowest BCUT2D eigenvalue weighted by atomic mass is 10.1. The van der Waals surface area contributed by atoms with Gasteiger partial charge in [0.05, 0.1) is 4.47 Å². The van der Waals surface area contributed by atoms with E-state index in [9.17, 15) is 4.39 Å². The number of benzene rings is 1. The molecule has 0 spiro atoms. The van der Waals surface area contributed by atoms with E-state index in [1.54, 1.807) is 0 Å². The minimum atomic E-state index is -0.791. The lowest BCUT2D eigenvalue weighted by molar-refractivity contribution is 0.190. The SMILES string of the molecule is FCOc1cc(CCCBr)ccc1Br. The van der Waals surface area contributed by atoms with E-state index in [2.05, 4.69) is 31.9 Å². The van der Waals surface area contributed by atoms with E-state index >= 15 is 0 Å². The average molecular weight is 326 g/mol. The molecule has 14 heavy (non-hydrogen) atoms. The van der Waals surface area contributed by atoms with Crippen molar-refractivity contribution < 1.29 is 9.13 Å². The van der Waals surface area contributed by atoms with Crippen LogP contribution in [0, 0.1) is 0 Å². The number of hydrogen-bond acceptors (Lipinski definition) is 1. The summed E-state index contributed by atoms with van der Waals surface area (Å²) in [7, 11) is 0. The summed E-state index contributed by atoms with van der Waals surface area (Å²) in [5.41, 5.74) is 1.16. The van der Waals surface area contributed by atoms with Crippen LogP contribution >= 0.6 is 31.9 Å². The van der Waals surface area contributed by atoms with Gasteiger partial charge in [0.25, 0.3) is 0 Å². The van der Waals surface area contributed by atoms with Gasteiger partial charge in [-0.2, -0.15) is 0 Å². The second-order valence-electron chi connectivity index (χ2n) is 2.81. The predicted octanol–water partition coefficient (Wildman–Crippen LogP) is 4.08. The van der Waals surface area contributed by atoms with Crippen molar-refractivity contribution in [1.29, 1.82) is 0 Å². The molecule has 1 aromatic carbocycles. The van der Waals surface area contributed by atoms with Crippen LogP contribution < -0.4 is 4.74 Å². The molecule has 0 bridgehead atoms. The van der Waals surface area contributed by atoms with E-state index in [1.165, 1.54) is 0 Å². The summed E-state index contributed by atoms with van der Waals surface area (Å²) in [5.74, 6) is 0.569.